The largest absolute Gasteiger partial charge is 0.325 e. The first kappa shape index (κ1) is 20.2. The van der Waals surface area contributed by atoms with E-state index >= 15 is 0 Å². The summed E-state index contributed by atoms with van der Waals surface area (Å²) in [7, 11) is 0. The number of nitrogens with zero attached hydrogens (tertiary/aromatic N) is 3. The molecule has 30 heavy (non-hydrogen) atoms. The minimum atomic E-state index is -0.271. The molecule has 0 atom stereocenters. The van der Waals surface area contributed by atoms with Crippen LogP contribution in [-0.2, 0) is 24.2 Å². The van der Waals surface area contributed by atoms with Crippen molar-refractivity contribution < 1.29 is 9.59 Å². The van der Waals surface area contributed by atoms with Gasteiger partial charge in [-0.1, -0.05) is 25.1 Å². The monoisotopic (exact) mass is 421 g/mol. The second-order valence-electron chi connectivity index (χ2n) is 7.12. The number of thiazole rings is 1. The lowest BCUT2D eigenvalue weighted by atomic mass is 10.1. The number of aromatic nitrogens is 2. The van der Waals surface area contributed by atoms with Crippen LogP contribution in [0, 0.1) is 0 Å². The van der Waals surface area contributed by atoms with E-state index in [2.05, 4.69) is 32.4 Å². The lowest BCUT2D eigenvalue weighted by Crippen LogP contribution is -2.36. The number of benzene rings is 1. The fraction of sp³-hybridized carbons (Fsp3) is 0.273. The van der Waals surface area contributed by atoms with Gasteiger partial charge in [0.15, 0.2) is 5.13 Å². The van der Waals surface area contributed by atoms with Gasteiger partial charge in [-0.3, -0.25) is 24.8 Å². The Morgan fingerprint density at radius 2 is 1.97 bits per heavy atom. The molecule has 2 amide bonds. The summed E-state index contributed by atoms with van der Waals surface area (Å²) in [5.41, 5.74) is 3.40. The lowest BCUT2D eigenvalue weighted by molar-refractivity contribution is -0.117. The lowest BCUT2D eigenvalue weighted by Gasteiger charge is -2.25. The summed E-state index contributed by atoms with van der Waals surface area (Å²) in [5, 5.41) is 6.35. The summed E-state index contributed by atoms with van der Waals surface area (Å²) in [6.07, 6.45) is 3.32. The van der Waals surface area contributed by atoms with Gasteiger partial charge in [-0.2, -0.15) is 0 Å². The number of nitrogens with one attached hydrogen (secondary N) is 2. The summed E-state index contributed by atoms with van der Waals surface area (Å²) in [4.78, 5) is 36.5. The maximum Gasteiger partial charge on any atom is 0.276 e. The zero-order valence-electron chi connectivity index (χ0n) is 16.7. The van der Waals surface area contributed by atoms with Crippen molar-refractivity contribution in [1.82, 2.24) is 14.9 Å². The highest BCUT2D eigenvalue weighted by atomic mass is 32.1. The van der Waals surface area contributed by atoms with E-state index < -0.39 is 0 Å². The van der Waals surface area contributed by atoms with E-state index in [0.717, 1.165) is 35.6 Å². The molecule has 4 rings (SSSR count). The number of carbonyl (C=O) groups is 2. The molecule has 3 heterocycles. The number of fused-ring (bicyclic) bond motifs is 1. The van der Waals surface area contributed by atoms with Crippen LogP contribution in [0.15, 0.2) is 48.7 Å². The molecule has 0 radical (unpaired) electrons. The van der Waals surface area contributed by atoms with Gasteiger partial charge >= 0.3 is 0 Å². The standard InChI is InChI=1S/C22H23N5O2S/c1-2-15-6-8-16(9-7-15)24-20(28)14-27-12-10-17-19(13-27)30-22(25-17)26-21(29)18-5-3-4-11-23-18/h3-9,11H,2,10,12-14H2,1H3,(H,24,28)(H,25,26,29). The first-order chi connectivity index (χ1) is 14.6. The van der Waals surface area contributed by atoms with E-state index in [1.165, 1.54) is 16.9 Å². The first-order valence-electron chi connectivity index (χ1n) is 9.93. The summed E-state index contributed by atoms with van der Waals surface area (Å²) < 4.78 is 0. The fourth-order valence-electron chi connectivity index (χ4n) is 3.32. The summed E-state index contributed by atoms with van der Waals surface area (Å²) >= 11 is 1.45. The molecule has 1 aliphatic heterocycles. The van der Waals surface area contributed by atoms with Crippen molar-refractivity contribution in [3.05, 3.63) is 70.5 Å². The molecule has 0 saturated carbocycles. The fourth-order valence-corrected chi connectivity index (χ4v) is 4.37. The van der Waals surface area contributed by atoms with Crippen LogP contribution < -0.4 is 10.6 Å². The zero-order chi connectivity index (χ0) is 20.9. The number of rotatable bonds is 6. The van der Waals surface area contributed by atoms with Gasteiger partial charge in [0, 0.05) is 36.3 Å². The normalized spacial score (nSPS) is 13.5. The van der Waals surface area contributed by atoms with Gasteiger partial charge in [-0.05, 0) is 36.2 Å². The number of anilines is 2. The van der Waals surface area contributed by atoms with Gasteiger partial charge in [0.2, 0.25) is 5.91 Å². The second kappa shape index (κ2) is 9.15. The Morgan fingerprint density at radius 1 is 1.13 bits per heavy atom. The Labute approximate surface area is 179 Å². The van der Waals surface area contributed by atoms with E-state index in [4.69, 9.17) is 0 Å². The number of hydrogen-bond acceptors (Lipinski definition) is 6. The third-order valence-corrected chi connectivity index (χ3v) is 5.94. The molecule has 2 N–H and O–H groups in total. The average molecular weight is 422 g/mol. The van der Waals surface area contributed by atoms with Crippen LogP contribution in [0.5, 0.6) is 0 Å². The second-order valence-corrected chi connectivity index (χ2v) is 8.20. The van der Waals surface area contributed by atoms with Crippen LogP contribution in [0.25, 0.3) is 0 Å². The maximum atomic E-state index is 12.4. The third-order valence-electron chi connectivity index (χ3n) is 4.94. The third kappa shape index (κ3) is 4.90. The number of pyridine rings is 1. The Kier molecular flexibility index (Phi) is 6.15. The summed E-state index contributed by atoms with van der Waals surface area (Å²) in [5.74, 6) is -0.303. The van der Waals surface area contributed by atoms with E-state index in [-0.39, 0.29) is 11.8 Å². The minimum Gasteiger partial charge on any atom is -0.325 e. The van der Waals surface area contributed by atoms with Crippen LogP contribution in [0.1, 0.15) is 33.5 Å². The molecule has 0 bridgehead atoms. The smallest absolute Gasteiger partial charge is 0.276 e. The van der Waals surface area contributed by atoms with E-state index in [0.29, 0.717) is 23.9 Å². The van der Waals surface area contributed by atoms with Crippen LogP contribution in [0.3, 0.4) is 0 Å². The molecule has 0 aliphatic carbocycles. The van der Waals surface area contributed by atoms with Gasteiger partial charge in [0.25, 0.3) is 5.91 Å². The average Bonchev–Trinajstić information content (AvgIpc) is 3.16. The van der Waals surface area contributed by atoms with E-state index in [1.54, 1.807) is 24.4 Å². The molecular weight excluding hydrogens is 398 g/mol. The minimum absolute atomic E-state index is 0.0316. The van der Waals surface area contributed by atoms with Gasteiger partial charge in [0.1, 0.15) is 5.69 Å². The van der Waals surface area contributed by atoms with Crippen molar-refractivity contribution in [3.8, 4) is 0 Å². The molecule has 0 fully saturated rings. The molecule has 1 aromatic carbocycles. The van der Waals surface area contributed by atoms with Crippen molar-refractivity contribution in [2.75, 3.05) is 23.7 Å². The highest BCUT2D eigenvalue weighted by Gasteiger charge is 2.23. The van der Waals surface area contributed by atoms with Crippen LogP contribution in [-0.4, -0.2) is 39.8 Å². The van der Waals surface area contributed by atoms with Gasteiger partial charge < -0.3 is 5.32 Å². The molecule has 0 spiro atoms. The van der Waals surface area contributed by atoms with Crippen LogP contribution >= 0.6 is 11.3 Å². The Bertz CT molecular complexity index is 1030. The van der Waals surface area contributed by atoms with E-state index in [9.17, 15) is 9.59 Å². The Morgan fingerprint density at radius 3 is 2.70 bits per heavy atom. The maximum absolute atomic E-state index is 12.4. The number of aryl methyl sites for hydroxylation is 1. The molecule has 3 aromatic rings. The van der Waals surface area contributed by atoms with Gasteiger partial charge in [-0.15, -0.1) is 11.3 Å². The quantitative estimate of drug-likeness (QED) is 0.637. The SMILES string of the molecule is CCc1ccc(NC(=O)CN2CCc3nc(NC(=O)c4ccccn4)sc3C2)cc1. The molecular formula is C22H23N5O2S. The van der Waals surface area contributed by atoms with Crippen molar-refractivity contribution in [2.45, 2.75) is 26.3 Å². The van der Waals surface area contributed by atoms with E-state index in [1.807, 2.05) is 24.3 Å². The number of amides is 2. The Hall–Kier alpha value is -3.10. The van der Waals surface area contributed by atoms with Crippen LogP contribution in [0.4, 0.5) is 10.8 Å². The van der Waals surface area contributed by atoms with Crippen molar-refractivity contribution >= 4 is 34.0 Å². The summed E-state index contributed by atoms with van der Waals surface area (Å²) in [6, 6.07) is 13.1. The predicted molar refractivity (Wildman–Crippen MR) is 118 cm³/mol. The molecule has 0 saturated heterocycles. The highest BCUT2D eigenvalue weighted by Crippen LogP contribution is 2.28. The predicted octanol–water partition coefficient (Wildman–Crippen LogP) is 3.35. The molecule has 0 unspecified atom stereocenters. The van der Waals surface area contributed by atoms with Crippen molar-refractivity contribution in [2.24, 2.45) is 0 Å². The van der Waals surface area contributed by atoms with Crippen molar-refractivity contribution in [3.63, 3.8) is 0 Å². The number of carbonyl (C=O) groups excluding carboxylic acids is 2. The number of hydrogen-bond donors (Lipinski definition) is 2. The zero-order valence-corrected chi connectivity index (χ0v) is 17.5. The molecule has 8 heteroatoms. The first-order valence-corrected chi connectivity index (χ1v) is 10.7. The molecule has 7 nitrogen and oxygen atoms in total. The van der Waals surface area contributed by atoms with Gasteiger partial charge in [0.05, 0.1) is 12.2 Å². The molecule has 154 valence electrons. The van der Waals surface area contributed by atoms with Gasteiger partial charge in [-0.25, -0.2) is 4.98 Å². The highest BCUT2D eigenvalue weighted by molar-refractivity contribution is 7.15. The Balaban J connectivity index is 1.33. The molecule has 2 aromatic heterocycles. The topological polar surface area (TPSA) is 87.2 Å². The summed E-state index contributed by atoms with van der Waals surface area (Å²) in [6.45, 7) is 3.83. The molecule has 1 aliphatic rings. The van der Waals surface area contributed by atoms with Crippen LogP contribution in [0.2, 0.25) is 0 Å². The van der Waals surface area contributed by atoms with Crippen molar-refractivity contribution in [1.29, 1.82) is 0 Å².